The highest BCUT2D eigenvalue weighted by Gasteiger charge is 2.55. The fraction of sp³-hybridized carbons (Fsp3) is 0.667. The number of carbonyl (C=O) groups excluding carboxylic acids is 2. The molecule has 6 heteroatoms. The van der Waals surface area contributed by atoms with Gasteiger partial charge in [0.2, 0.25) is 5.91 Å². The predicted molar refractivity (Wildman–Crippen MR) is 75.2 cm³/mol. The van der Waals surface area contributed by atoms with E-state index in [-0.39, 0.29) is 11.8 Å². The number of nitrogens with zero attached hydrogens (tertiary/aromatic N) is 1. The molecule has 0 spiro atoms. The molecule has 1 aromatic rings. The summed E-state index contributed by atoms with van der Waals surface area (Å²) in [6, 6.07) is -0.648. The Bertz CT molecular complexity index is 502. The highest BCUT2D eigenvalue weighted by molar-refractivity contribution is 5.87. The number of methoxy groups -OCH3 is 1. The number of aromatic amines is 1. The maximum Gasteiger partial charge on any atom is 0.328 e. The maximum absolute atomic E-state index is 12.4. The number of aromatic nitrogens is 2. The summed E-state index contributed by atoms with van der Waals surface area (Å²) in [5, 5.41) is 2.86. The van der Waals surface area contributed by atoms with Gasteiger partial charge in [-0.15, -0.1) is 0 Å². The first-order valence-corrected chi connectivity index (χ1v) is 7.56. The smallest absolute Gasteiger partial charge is 0.328 e. The van der Waals surface area contributed by atoms with Crippen molar-refractivity contribution in [2.75, 3.05) is 7.11 Å². The number of carbonyl (C=O) groups is 2. The Hall–Kier alpha value is -1.85. The fourth-order valence-electron chi connectivity index (χ4n) is 3.60. The van der Waals surface area contributed by atoms with Crippen molar-refractivity contribution < 1.29 is 14.3 Å². The lowest BCUT2D eigenvalue weighted by Crippen LogP contribution is -2.44. The zero-order chi connectivity index (χ0) is 14.8. The van der Waals surface area contributed by atoms with Crippen LogP contribution < -0.4 is 5.32 Å². The first kappa shape index (κ1) is 14.1. The largest absolute Gasteiger partial charge is 0.467 e. The Labute approximate surface area is 123 Å². The summed E-state index contributed by atoms with van der Waals surface area (Å²) < 4.78 is 4.79. The van der Waals surface area contributed by atoms with E-state index in [2.05, 4.69) is 15.3 Å². The number of esters is 1. The summed E-state index contributed by atoms with van der Waals surface area (Å²) in [7, 11) is 1.34. The van der Waals surface area contributed by atoms with E-state index in [0.717, 1.165) is 18.5 Å². The monoisotopic (exact) mass is 291 g/mol. The quantitative estimate of drug-likeness (QED) is 0.794. The van der Waals surface area contributed by atoms with E-state index in [4.69, 9.17) is 4.74 Å². The average Bonchev–Trinajstić information content (AvgIpc) is 3.02. The van der Waals surface area contributed by atoms with E-state index < -0.39 is 12.0 Å². The van der Waals surface area contributed by atoms with Gasteiger partial charge in [-0.3, -0.25) is 4.79 Å². The molecule has 2 saturated carbocycles. The summed E-state index contributed by atoms with van der Waals surface area (Å²) in [4.78, 5) is 31.1. The number of imidazole rings is 1. The van der Waals surface area contributed by atoms with E-state index in [9.17, 15) is 9.59 Å². The van der Waals surface area contributed by atoms with Crippen LogP contribution in [0.1, 0.15) is 31.4 Å². The zero-order valence-corrected chi connectivity index (χ0v) is 12.2. The minimum atomic E-state index is -0.648. The predicted octanol–water partition coefficient (Wildman–Crippen LogP) is 1.05. The van der Waals surface area contributed by atoms with Crippen molar-refractivity contribution in [3.8, 4) is 0 Å². The molecule has 114 valence electrons. The normalized spacial score (nSPS) is 28.3. The molecule has 0 saturated heterocycles. The molecule has 6 nitrogen and oxygen atoms in total. The highest BCUT2D eigenvalue weighted by Crippen LogP contribution is 2.55. The second-order valence-electron chi connectivity index (χ2n) is 6.00. The van der Waals surface area contributed by atoms with Crippen molar-refractivity contribution >= 4 is 11.9 Å². The van der Waals surface area contributed by atoms with Crippen LogP contribution in [0.4, 0.5) is 0 Å². The number of hydrogen-bond donors (Lipinski definition) is 2. The van der Waals surface area contributed by atoms with Crippen molar-refractivity contribution in [2.24, 2.45) is 17.8 Å². The molecule has 2 aliphatic carbocycles. The van der Waals surface area contributed by atoms with Crippen LogP contribution in [0.3, 0.4) is 0 Å². The Morgan fingerprint density at radius 1 is 1.43 bits per heavy atom. The lowest BCUT2D eigenvalue weighted by atomic mass is 10.0. The molecule has 3 rings (SSSR count). The minimum absolute atomic E-state index is 0.00168. The van der Waals surface area contributed by atoms with Gasteiger partial charge in [0.25, 0.3) is 0 Å². The van der Waals surface area contributed by atoms with Crippen molar-refractivity contribution in [1.29, 1.82) is 0 Å². The Kier molecular flexibility index (Phi) is 3.94. The molecular weight excluding hydrogens is 270 g/mol. The van der Waals surface area contributed by atoms with Gasteiger partial charge >= 0.3 is 5.97 Å². The molecule has 0 radical (unpaired) electrons. The third kappa shape index (κ3) is 2.94. The lowest BCUT2D eigenvalue weighted by Gasteiger charge is -2.15. The van der Waals surface area contributed by atoms with Crippen LogP contribution in [-0.4, -0.2) is 35.0 Å². The third-order valence-corrected chi connectivity index (χ3v) is 4.74. The average molecular weight is 291 g/mol. The summed E-state index contributed by atoms with van der Waals surface area (Å²) in [6.07, 6.45) is 8.32. The van der Waals surface area contributed by atoms with Gasteiger partial charge in [0.05, 0.1) is 13.4 Å². The van der Waals surface area contributed by atoms with Crippen molar-refractivity contribution in [3.05, 3.63) is 18.2 Å². The number of nitrogens with one attached hydrogen (secondary N) is 2. The number of rotatable bonds is 5. The van der Waals surface area contributed by atoms with Crippen molar-refractivity contribution in [2.45, 2.75) is 38.1 Å². The molecule has 1 amide bonds. The van der Waals surface area contributed by atoms with Crippen LogP contribution in [0.2, 0.25) is 0 Å². The molecule has 2 N–H and O–H groups in total. The van der Waals surface area contributed by atoms with Gasteiger partial charge in [-0.25, -0.2) is 9.78 Å². The SMILES string of the molecule is COC(=O)[C@H](Cc1cnc[nH]1)NC(=O)C1C2CCCCC21. The van der Waals surface area contributed by atoms with Crippen LogP contribution in [0, 0.1) is 17.8 Å². The molecule has 2 fully saturated rings. The third-order valence-electron chi connectivity index (χ3n) is 4.74. The summed E-state index contributed by atoms with van der Waals surface area (Å²) in [5.41, 5.74) is 0.805. The van der Waals surface area contributed by atoms with Crippen LogP contribution in [0.25, 0.3) is 0 Å². The molecule has 1 heterocycles. The van der Waals surface area contributed by atoms with Gasteiger partial charge in [0.1, 0.15) is 6.04 Å². The molecule has 21 heavy (non-hydrogen) atoms. The van der Waals surface area contributed by atoms with E-state index in [1.54, 1.807) is 12.5 Å². The standard InChI is InChI=1S/C15H21N3O3/c1-21-15(20)12(6-9-7-16-8-17-9)18-14(19)13-10-4-2-3-5-11(10)13/h7-8,10-13H,2-6H2,1H3,(H,16,17)(H,18,19)/t10?,11?,12-,13?/m0/s1. The van der Waals surface area contributed by atoms with Crippen LogP contribution in [-0.2, 0) is 20.7 Å². The van der Waals surface area contributed by atoms with E-state index >= 15 is 0 Å². The number of H-pyrrole nitrogens is 1. The highest BCUT2D eigenvalue weighted by atomic mass is 16.5. The molecular formula is C15H21N3O3. The molecule has 2 unspecified atom stereocenters. The second-order valence-corrected chi connectivity index (χ2v) is 6.00. The Morgan fingerprint density at radius 2 is 2.14 bits per heavy atom. The van der Waals surface area contributed by atoms with E-state index in [0.29, 0.717) is 18.3 Å². The zero-order valence-electron chi connectivity index (χ0n) is 12.2. The first-order valence-electron chi connectivity index (χ1n) is 7.56. The molecule has 1 aromatic heterocycles. The molecule has 0 aromatic carbocycles. The van der Waals surface area contributed by atoms with E-state index in [1.807, 2.05) is 0 Å². The number of fused-ring (bicyclic) bond motifs is 1. The van der Waals surface area contributed by atoms with Gasteiger partial charge in [0, 0.05) is 24.2 Å². The van der Waals surface area contributed by atoms with Gasteiger partial charge < -0.3 is 15.0 Å². The number of ether oxygens (including phenoxy) is 1. The molecule has 2 aliphatic rings. The summed E-state index contributed by atoms with van der Waals surface area (Å²) >= 11 is 0. The van der Waals surface area contributed by atoms with Crippen LogP contribution in [0.15, 0.2) is 12.5 Å². The fourth-order valence-corrected chi connectivity index (χ4v) is 3.60. The number of amides is 1. The van der Waals surface area contributed by atoms with Crippen molar-refractivity contribution in [1.82, 2.24) is 15.3 Å². The number of hydrogen-bond acceptors (Lipinski definition) is 4. The lowest BCUT2D eigenvalue weighted by molar-refractivity contribution is -0.145. The molecule has 0 bridgehead atoms. The first-order chi connectivity index (χ1) is 10.2. The second kappa shape index (κ2) is 5.87. The van der Waals surface area contributed by atoms with Gasteiger partial charge in [-0.2, -0.15) is 0 Å². The minimum Gasteiger partial charge on any atom is -0.467 e. The van der Waals surface area contributed by atoms with Crippen molar-refractivity contribution in [3.63, 3.8) is 0 Å². The van der Waals surface area contributed by atoms with E-state index in [1.165, 1.54) is 20.0 Å². The van der Waals surface area contributed by atoms with Gasteiger partial charge in [0.15, 0.2) is 0 Å². The molecule has 0 aliphatic heterocycles. The maximum atomic E-state index is 12.4. The molecule has 3 atom stereocenters. The van der Waals surface area contributed by atoms with Crippen LogP contribution in [0.5, 0.6) is 0 Å². The van der Waals surface area contributed by atoms with Gasteiger partial charge in [-0.05, 0) is 24.7 Å². The summed E-state index contributed by atoms with van der Waals surface area (Å²) in [6.45, 7) is 0. The van der Waals surface area contributed by atoms with Gasteiger partial charge in [-0.1, -0.05) is 12.8 Å². The van der Waals surface area contributed by atoms with Crippen LogP contribution >= 0.6 is 0 Å². The Balaban J connectivity index is 1.61. The summed E-state index contributed by atoms with van der Waals surface area (Å²) in [5.74, 6) is 0.748. The topological polar surface area (TPSA) is 84.1 Å². The Morgan fingerprint density at radius 3 is 2.71 bits per heavy atom.